The van der Waals surface area contributed by atoms with Crippen molar-refractivity contribution in [2.45, 2.75) is 45.6 Å². The number of carbonyl (C=O) groups is 1. The number of thiophene rings is 1. The molecule has 0 radical (unpaired) electrons. The zero-order valence-corrected chi connectivity index (χ0v) is 15.1. The van der Waals surface area contributed by atoms with Crippen LogP contribution in [0.5, 0.6) is 5.75 Å². The highest BCUT2D eigenvalue weighted by Gasteiger charge is 2.33. The van der Waals surface area contributed by atoms with E-state index in [4.69, 9.17) is 4.74 Å². The minimum atomic E-state index is -0.139. The monoisotopic (exact) mass is 347 g/mol. The van der Waals surface area contributed by atoms with Crippen LogP contribution in [0.3, 0.4) is 0 Å². The van der Waals surface area contributed by atoms with Crippen LogP contribution in [0.2, 0.25) is 0 Å². The quantitative estimate of drug-likeness (QED) is 0.831. The van der Waals surface area contributed by atoms with Crippen LogP contribution >= 0.6 is 11.3 Å². The summed E-state index contributed by atoms with van der Waals surface area (Å²) in [5.41, 5.74) is 0.478. The number of rotatable bonds is 6. The van der Waals surface area contributed by atoms with E-state index in [-0.39, 0.29) is 24.0 Å². The van der Waals surface area contributed by atoms with E-state index in [1.54, 1.807) is 11.3 Å². The summed E-state index contributed by atoms with van der Waals surface area (Å²) in [6, 6.07) is 5.77. The first-order valence-corrected chi connectivity index (χ1v) is 9.48. The smallest absolute Gasteiger partial charge is 0.251 e. The molecule has 130 valence electrons. The highest BCUT2D eigenvalue weighted by molar-refractivity contribution is 7.17. The molecule has 0 aliphatic heterocycles. The van der Waals surface area contributed by atoms with E-state index in [0.29, 0.717) is 12.1 Å². The van der Waals surface area contributed by atoms with Gasteiger partial charge in [-0.1, -0.05) is 12.8 Å². The van der Waals surface area contributed by atoms with Gasteiger partial charge in [0.25, 0.3) is 5.91 Å². The third kappa shape index (κ3) is 3.57. The second-order valence-electron chi connectivity index (χ2n) is 7.02. The van der Waals surface area contributed by atoms with Crippen molar-refractivity contribution >= 4 is 27.3 Å². The van der Waals surface area contributed by atoms with Crippen LogP contribution in [0.25, 0.3) is 10.1 Å². The molecule has 1 heterocycles. The first-order chi connectivity index (χ1) is 11.5. The number of fused-ring (bicyclic) bond motifs is 1. The van der Waals surface area contributed by atoms with Crippen LogP contribution in [-0.4, -0.2) is 30.3 Å². The lowest BCUT2D eigenvalue weighted by Gasteiger charge is -2.26. The Labute approximate surface area is 146 Å². The molecule has 4 nitrogen and oxygen atoms in total. The van der Waals surface area contributed by atoms with E-state index in [0.717, 1.165) is 41.5 Å². The van der Waals surface area contributed by atoms with Crippen LogP contribution in [0.4, 0.5) is 0 Å². The topological polar surface area (TPSA) is 58.6 Å². The Morgan fingerprint density at radius 3 is 2.79 bits per heavy atom. The molecule has 1 fully saturated rings. The molecule has 1 amide bonds. The number of nitrogens with one attached hydrogen (secondary N) is 1. The van der Waals surface area contributed by atoms with Crippen LogP contribution in [-0.2, 0) is 0 Å². The minimum Gasteiger partial charge on any atom is -0.490 e. The van der Waals surface area contributed by atoms with Gasteiger partial charge in [0, 0.05) is 27.6 Å². The van der Waals surface area contributed by atoms with Gasteiger partial charge in [-0.3, -0.25) is 4.79 Å². The Bertz CT molecular complexity index is 716. The summed E-state index contributed by atoms with van der Waals surface area (Å²) in [5, 5.41) is 15.8. The molecule has 0 spiro atoms. The van der Waals surface area contributed by atoms with Crippen molar-refractivity contribution in [3.63, 3.8) is 0 Å². The molecule has 2 aromatic rings. The molecule has 0 saturated heterocycles. The lowest BCUT2D eigenvalue weighted by atomic mass is 9.87. The number of benzene rings is 1. The molecule has 3 rings (SSSR count). The first kappa shape index (κ1) is 17.2. The molecule has 0 atom stereocenters. The van der Waals surface area contributed by atoms with Gasteiger partial charge in [-0.25, -0.2) is 0 Å². The molecule has 5 heteroatoms. The number of amides is 1. The maximum absolute atomic E-state index is 12.6. The summed E-state index contributed by atoms with van der Waals surface area (Å²) in [6.45, 7) is 4.64. The number of aliphatic hydroxyl groups excluding tert-OH is 1. The predicted octanol–water partition coefficient (Wildman–Crippen LogP) is 3.97. The third-order valence-corrected chi connectivity index (χ3v) is 5.65. The molecule has 24 heavy (non-hydrogen) atoms. The molecular weight excluding hydrogens is 322 g/mol. The van der Waals surface area contributed by atoms with E-state index < -0.39 is 0 Å². The summed E-state index contributed by atoms with van der Waals surface area (Å²) >= 11 is 1.61. The molecule has 1 aliphatic carbocycles. The Morgan fingerprint density at radius 2 is 2.12 bits per heavy atom. The number of carbonyl (C=O) groups excluding carboxylic acids is 1. The zero-order valence-electron chi connectivity index (χ0n) is 14.3. The normalized spacial score (nSPS) is 16.7. The van der Waals surface area contributed by atoms with Crippen molar-refractivity contribution in [3.8, 4) is 5.75 Å². The maximum Gasteiger partial charge on any atom is 0.251 e. The molecule has 0 unspecified atom stereocenters. The van der Waals surface area contributed by atoms with Gasteiger partial charge in [-0.15, -0.1) is 11.3 Å². The van der Waals surface area contributed by atoms with Gasteiger partial charge in [-0.05, 0) is 50.3 Å². The van der Waals surface area contributed by atoms with Crippen LogP contribution < -0.4 is 10.1 Å². The van der Waals surface area contributed by atoms with Crippen molar-refractivity contribution < 1.29 is 14.6 Å². The van der Waals surface area contributed by atoms with Gasteiger partial charge < -0.3 is 15.2 Å². The molecular formula is C19H25NO3S. The lowest BCUT2D eigenvalue weighted by molar-refractivity contribution is 0.0880. The number of hydrogen-bond acceptors (Lipinski definition) is 4. The Balaban J connectivity index is 1.79. The largest absolute Gasteiger partial charge is 0.490 e. The molecule has 0 bridgehead atoms. The van der Waals surface area contributed by atoms with E-state index >= 15 is 0 Å². The van der Waals surface area contributed by atoms with Crippen LogP contribution in [0, 0.1) is 5.41 Å². The fraction of sp³-hybridized carbons (Fsp3) is 0.526. The number of aliphatic hydroxyl groups is 1. The minimum absolute atomic E-state index is 0.0579. The second kappa shape index (κ2) is 7.11. The van der Waals surface area contributed by atoms with Gasteiger partial charge in [-0.2, -0.15) is 0 Å². The fourth-order valence-corrected chi connectivity index (χ4v) is 4.25. The highest BCUT2D eigenvalue weighted by atomic mass is 32.1. The van der Waals surface area contributed by atoms with Crippen molar-refractivity contribution in [3.05, 3.63) is 29.1 Å². The number of ether oxygens (including phenoxy) is 1. The average Bonchev–Trinajstić information content (AvgIpc) is 3.21. The van der Waals surface area contributed by atoms with Gasteiger partial charge in [0.2, 0.25) is 0 Å². The SMILES string of the molecule is CC(C)Oc1cc(C(=O)NCC2(CO)CCCC2)cc2sccc12. The van der Waals surface area contributed by atoms with Crippen molar-refractivity contribution in [2.75, 3.05) is 13.2 Å². The van der Waals surface area contributed by atoms with E-state index in [9.17, 15) is 9.90 Å². The summed E-state index contributed by atoms with van der Waals surface area (Å²) in [4.78, 5) is 12.6. The molecule has 1 aromatic carbocycles. The second-order valence-corrected chi connectivity index (χ2v) is 7.97. The summed E-state index contributed by atoms with van der Waals surface area (Å²) in [7, 11) is 0. The van der Waals surface area contributed by atoms with Crippen molar-refractivity contribution in [1.29, 1.82) is 0 Å². The van der Waals surface area contributed by atoms with Gasteiger partial charge in [0.05, 0.1) is 12.7 Å². The average molecular weight is 347 g/mol. The maximum atomic E-state index is 12.6. The molecule has 1 aromatic heterocycles. The van der Waals surface area contributed by atoms with Crippen molar-refractivity contribution in [1.82, 2.24) is 5.32 Å². The Hall–Kier alpha value is -1.59. The van der Waals surface area contributed by atoms with Gasteiger partial charge >= 0.3 is 0 Å². The van der Waals surface area contributed by atoms with Crippen LogP contribution in [0.15, 0.2) is 23.6 Å². The standard InChI is InChI=1S/C19H25NO3S/c1-13(2)23-16-9-14(10-17-15(16)5-8-24-17)18(22)20-11-19(12-21)6-3-4-7-19/h5,8-10,13,21H,3-4,6-7,11-12H2,1-2H3,(H,20,22). The highest BCUT2D eigenvalue weighted by Crippen LogP contribution is 2.37. The van der Waals surface area contributed by atoms with Crippen molar-refractivity contribution in [2.24, 2.45) is 5.41 Å². The summed E-state index contributed by atoms with van der Waals surface area (Å²) in [5.74, 6) is 0.658. The predicted molar refractivity (Wildman–Crippen MR) is 97.9 cm³/mol. The van der Waals surface area contributed by atoms with E-state index in [1.165, 1.54) is 0 Å². The first-order valence-electron chi connectivity index (χ1n) is 8.60. The third-order valence-electron chi connectivity index (χ3n) is 4.78. The van der Waals surface area contributed by atoms with Gasteiger partial charge in [0.15, 0.2) is 0 Å². The van der Waals surface area contributed by atoms with Gasteiger partial charge in [0.1, 0.15) is 5.75 Å². The number of hydrogen-bond donors (Lipinski definition) is 2. The fourth-order valence-electron chi connectivity index (χ4n) is 3.41. The zero-order chi connectivity index (χ0) is 17.2. The Kier molecular flexibility index (Phi) is 5.11. The van der Waals surface area contributed by atoms with E-state index in [2.05, 4.69) is 5.32 Å². The van der Waals surface area contributed by atoms with Crippen LogP contribution in [0.1, 0.15) is 49.9 Å². The van der Waals surface area contributed by atoms with E-state index in [1.807, 2.05) is 37.4 Å². The molecule has 1 aliphatic rings. The molecule has 1 saturated carbocycles. The summed E-state index contributed by atoms with van der Waals surface area (Å²) < 4.78 is 6.93. The lowest BCUT2D eigenvalue weighted by Crippen LogP contribution is -2.38. The molecule has 2 N–H and O–H groups in total. The Morgan fingerprint density at radius 1 is 1.38 bits per heavy atom. The summed E-state index contributed by atoms with van der Waals surface area (Å²) in [6.07, 6.45) is 4.28.